The van der Waals surface area contributed by atoms with Crippen molar-refractivity contribution in [3.63, 3.8) is 0 Å². The molecular weight excluding hydrogens is 814 g/mol. The number of hydrogen-bond donors (Lipinski definition) is 3. The van der Waals surface area contributed by atoms with Gasteiger partial charge in [0.05, 0.1) is 35.2 Å². The number of allylic oxidation sites excluding steroid dienone is 1. The number of methoxy groups -OCH3 is 1. The zero-order valence-corrected chi connectivity index (χ0v) is 35.3. The summed E-state index contributed by atoms with van der Waals surface area (Å²) >= 11 is 0. The van der Waals surface area contributed by atoms with Gasteiger partial charge in [0.2, 0.25) is 33.3 Å². The summed E-state index contributed by atoms with van der Waals surface area (Å²) in [6.45, 7) is 6.40. The predicted octanol–water partition coefficient (Wildman–Crippen LogP) is 3.71. The van der Waals surface area contributed by atoms with Gasteiger partial charge in [-0.25, -0.2) is 17.9 Å². The van der Waals surface area contributed by atoms with E-state index in [9.17, 15) is 45.6 Å². The molecule has 2 aliphatic carbocycles. The molecule has 16 nitrogen and oxygen atoms in total. The highest BCUT2D eigenvalue weighted by atomic mass is 32.2. The Kier molecular flexibility index (Phi) is 12.4. The molecule has 0 radical (unpaired) electrons. The molecule has 60 heavy (non-hydrogen) atoms. The average Bonchev–Trinajstić information content (AvgIpc) is 4.05. The first kappa shape index (κ1) is 44.8. The van der Waals surface area contributed by atoms with Gasteiger partial charge in [0.15, 0.2) is 0 Å². The highest BCUT2D eigenvalue weighted by Crippen LogP contribution is 2.47. The first-order valence-corrected chi connectivity index (χ1v) is 21.6. The van der Waals surface area contributed by atoms with Crippen LogP contribution >= 0.6 is 0 Å². The molecule has 20 heteroatoms. The van der Waals surface area contributed by atoms with E-state index in [0.717, 1.165) is 4.90 Å². The van der Waals surface area contributed by atoms with Crippen LogP contribution in [0.2, 0.25) is 0 Å². The monoisotopic (exact) mass is 866 g/mol. The lowest BCUT2D eigenvalue weighted by atomic mass is 9.88. The lowest BCUT2D eigenvalue weighted by molar-refractivity contribution is -0.244. The quantitative estimate of drug-likeness (QED) is 0.294. The number of carbonyl (C=O) groups is 4. The van der Waals surface area contributed by atoms with Gasteiger partial charge in [-0.3, -0.25) is 23.9 Å². The Hall–Kier alpha value is -4.72. The zero-order chi connectivity index (χ0) is 44.0. The normalized spacial score (nSPS) is 28.9. The Balaban J connectivity index is 1.38. The highest BCUT2D eigenvalue weighted by molar-refractivity contribution is 7.91. The van der Waals surface area contributed by atoms with E-state index in [4.69, 9.17) is 14.2 Å². The molecule has 4 aliphatic rings. The molecule has 2 aromatic rings. The number of ether oxygens (including phenoxy) is 3. The second-order valence-electron chi connectivity index (χ2n) is 17.4. The van der Waals surface area contributed by atoms with Crippen LogP contribution in [0.4, 0.5) is 18.0 Å². The molecule has 3 fully saturated rings. The van der Waals surface area contributed by atoms with E-state index in [1.165, 1.54) is 18.7 Å². The number of sulfonamides is 1. The third kappa shape index (κ3) is 9.13. The fourth-order valence-electron chi connectivity index (χ4n) is 7.82. The summed E-state index contributed by atoms with van der Waals surface area (Å²) in [5.41, 5.74) is -5.00. The number of amides is 4. The van der Waals surface area contributed by atoms with E-state index >= 15 is 0 Å². The number of benzene rings is 1. The lowest BCUT2D eigenvalue weighted by Gasteiger charge is -2.34. The smallest absolute Gasteiger partial charge is 0.427 e. The number of nitrogens with zero attached hydrogens (tertiary/aromatic N) is 3. The van der Waals surface area contributed by atoms with E-state index in [-0.39, 0.29) is 49.7 Å². The molecule has 6 rings (SSSR count). The van der Waals surface area contributed by atoms with Gasteiger partial charge in [-0.15, -0.1) is 5.10 Å². The molecular formula is C40H53F3N6O10S. The number of rotatable bonds is 10. The largest absolute Gasteiger partial charge is 0.471 e. The minimum absolute atomic E-state index is 0.0127. The Morgan fingerprint density at radius 2 is 1.75 bits per heavy atom. The maximum atomic E-state index is 14.8. The van der Waals surface area contributed by atoms with Crippen molar-refractivity contribution in [2.75, 3.05) is 20.3 Å². The summed E-state index contributed by atoms with van der Waals surface area (Å²) in [7, 11) is -2.64. The van der Waals surface area contributed by atoms with Gasteiger partial charge in [-0.2, -0.15) is 13.2 Å². The zero-order valence-electron chi connectivity index (χ0n) is 34.5. The van der Waals surface area contributed by atoms with E-state index in [0.29, 0.717) is 51.3 Å². The second kappa shape index (κ2) is 16.6. The van der Waals surface area contributed by atoms with Crippen molar-refractivity contribution >= 4 is 44.6 Å². The summed E-state index contributed by atoms with van der Waals surface area (Å²) in [5, 5.41) is 10.2. The van der Waals surface area contributed by atoms with E-state index in [2.05, 4.69) is 20.5 Å². The molecule has 3 heterocycles. The Bertz CT molecular complexity index is 2210. The van der Waals surface area contributed by atoms with Crippen molar-refractivity contribution in [3.8, 4) is 5.88 Å². The number of halogens is 3. The molecule has 2 aliphatic heterocycles. The van der Waals surface area contributed by atoms with Crippen LogP contribution in [0.15, 0.2) is 41.2 Å². The minimum atomic E-state index is -4.94. The molecule has 330 valence electrons. The average molecular weight is 867 g/mol. The van der Waals surface area contributed by atoms with Crippen molar-refractivity contribution < 1.29 is 55.0 Å². The molecule has 1 unspecified atom stereocenters. The number of alkyl carbamates (subject to hydrolysis) is 1. The standard InChI is InChI=1S/C40H53F3N6O10S/c1-23-11-7-8-12-25-21-39(25,35(53)47-60(55,56)38(5)15-16-38)45-31(50)29-20-26(58-32-27-13-9-10-14-28(27)33(51)49(46-32)17-18-57-6)22-48(29)34(52)30(24(2)19-23)44-36(54)59-37(3,4)40(41,42)43/h8-10,12-14,23-26,29-30H,7,11,15-22H2,1-6H3,(H,44,54)(H,45,50)(H,47,53)/b12-8-/t23-,24+,25?,26+,29-,30-,39+/m0/s1. The molecule has 1 aromatic heterocycles. The van der Waals surface area contributed by atoms with E-state index in [1.807, 2.05) is 13.0 Å². The molecule has 3 N–H and O–H groups in total. The number of alkyl halides is 3. The fraction of sp³-hybridized carbons (Fsp3) is 0.650. The van der Waals surface area contributed by atoms with E-state index < -0.39 is 91.5 Å². The Morgan fingerprint density at radius 1 is 1.07 bits per heavy atom. The third-order valence-electron chi connectivity index (χ3n) is 12.2. The van der Waals surface area contributed by atoms with E-state index in [1.54, 1.807) is 37.3 Å². The van der Waals surface area contributed by atoms with Gasteiger partial charge in [0.25, 0.3) is 11.5 Å². The third-order valence-corrected chi connectivity index (χ3v) is 14.3. The summed E-state index contributed by atoms with van der Waals surface area (Å²) < 4.78 is 86.3. The van der Waals surface area contributed by atoms with Crippen LogP contribution in [0.1, 0.15) is 79.6 Å². The highest BCUT2D eigenvalue weighted by Gasteiger charge is 2.63. The summed E-state index contributed by atoms with van der Waals surface area (Å²) in [6.07, 6.45) is -1.75. The van der Waals surface area contributed by atoms with Crippen molar-refractivity contribution in [1.29, 1.82) is 0 Å². The molecule has 1 saturated heterocycles. The van der Waals surface area contributed by atoms with Gasteiger partial charge < -0.3 is 29.7 Å². The maximum absolute atomic E-state index is 14.8. The number of fused-ring (bicyclic) bond motifs is 3. The van der Waals surface area contributed by atoms with Gasteiger partial charge in [0.1, 0.15) is 23.7 Å². The van der Waals surface area contributed by atoms with Crippen molar-refractivity contribution in [2.24, 2.45) is 17.8 Å². The molecule has 1 aromatic carbocycles. The number of nitrogens with one attached hydrogen (secondary N) is 3. The van der Waals surface area contributed by atoms with Gasteiger partial charge in [-0.1, -0.05) is 38.1 Å². The first-order chi connectivity index (χ1) is 28.0. The van der Waals surface area contributed by atoms with Crippen LogP contribution < -0.4 is 25.7 Å². The van der Waals surface area contributed by atoms with Crippen LogP contribution in [0.3, 0.4) is 0 Å². The Labute approximate surface area is 346 Å². The molecule has 2 saturated carbocycles. The van der Waals surface area contributed by atoms with Crippen LogP contribution in [-0.4, -0.2) is 107 Å². The van der Waals surface area contributed by atoms with Gasteiger partial charge in [-0.05, 0) is 83.3 Å². The van der Waals surface area contributed by atoms with Crippen LogP contribution in [0.25, 0.3) is 10.8 Å². The van der Waals surface area contributed by atoms with Crippen molar-refractivity contribution in [3.05, 3.63) is 46.8 Å². The number of aromatic nitrogens is 2. The molecule has 7 atom stereocenters. The molecule has 0 spiro atoms. The van der Waals surface area contributed by atoms with Crippen molar-refractivity contribution in [2.45, 2.75) is 126 Å². The summed E-state index contributed by atoms with van der Waals surface area (Å²) in [6, 6.07) is 3.70. The lowest BCUT2D eigenvalue weighted by Crippen LogP contribution is -2.59. The molecule has 0 bridgehead atoms. The van der Waals surface area contributed by atoms with Gasteiger partial charge in [0, 0.05) is 19.4 Å². The summed E-state index contributed by atoms with van der Waals surface area (Å²) in [4.78, 5) is 70.9. The van der Waals surface area contributed by atoms with Crippen LogP contribution in [0.5, 0.6) is 5.88 Å². The van der Waals surface area contributed by atoms with Crippen LogP contribution in [-0.2, 0) is 40.4 Å². The predicted molar refractivity (Wildman–Crippen MR) is 211 cm³/mol. The SMILES string of the molecule is COCCn1nc(O[C@@H]2C[C@H]3C(=O)N[C@]4(C(=O)NS(=O)(=O)C5(C)CC5)CC4/C=C\CC[C@H](C)C[C@@H](C)[C@H](NC(=O)OC(C)(C)C(F)(F)F)C(=O)N3C2)c2ccccc2c1=O. The molecule has 4 amide bonds. The number of hydrogen-bond acceptors (Lipinski definition) is 11. The first-order valence-electron chi connectivity index (χ1n) is 20.1. The summed E-state index contributed by atoms with van der Waals surface area (Å²) in [5.74, 6) is -3.88. The topological polar surface area (TPSA) is 204 Å². The second-order valence-corrected chi connectivity index (χ2v) is 19.5. The number of carbonyl (C=O) groups excluding carboxylic acids is 4. The fourth-order valence-corrected chi connectivity index (χ4v) is 9.13. The van der Waals surface area contributed by atoms with Crippen molar-refractivity contribution in [1.82, 2.24) is 30.0 Å². The van der Waals surface area contributed by atoms with Crippen LogP contribution in [0, 0.1) is 17.8 Å². The maximum Gasteiger partial charge on any atom is 0.427 e. The Morgan fingerprint density at radius 3 is 2.40 bits per heavy atom. The minimum Gasteiger partial charge on any atom is -0.471 e. The van der Waals surface area contributed by atoms with Gasteiger partial charge >= 0.3 is 12.3 Å².